The molecule has 0 saturated carbocycles. The van der Waals surface area contributed by atoms with Gasteiger partial charge in [0, 0.05) is 17.7 Å². The van der Waals surface area contributed by atoms with Crippen molar-refractivity contribution in [1.82, 2.24) is 10.4 Å². The summed E-state index contributed by atoms with van der Waals surface area (Å²) in [7, 11) is 4.16. The maximum Gasteiger partial charge on any atom is 0.337 e. The lowest BCUT2D eigenvalue weighted by Crippen LogP contribution is -2.43. The lowest BCUT2D eigenvalue weighted by molar-refractivity contribution is -0.151. The van der Waals surface area contributed by atoms with Crippen molar-refractivity contribution in [2.45, 2.75) is 6.42 Å². The van der Waals surface area contributed by atoms with E-state index in [9.17, 15) is 24.0 Å². The van der Waals surface area contributed by atoms with E-state index in [4.69, 9.17) is 14.2 Å². The number of amides is 3. The number of methoxy groups -OCH3 is 3. The number of hydrazine groups is 1. The largest absolute Gasteiger partial charge is 0.493 e. The molecule has 0 aliphatic carbocycles. The number of benzene rings is 2. The fourth-order valence-electron chi connectivity index (χ4n) is 3.40. The van der Waals surface area contributed by atoms with Crippen molar-refractivity contribution in [3.8, 4) is 11.5 Å². The van der Waals surface area contributed by atoms with Gasteiger partial charge in [0.05, 0.1) is 39.4 Å². The Bertz CT molecular complexity index is 1160. The van der Waals surface area contributed by atoms with Crippen LogP contribution >= 0.6 is 0 Å². The van der Waals surface area contributed by atoms with Gasteiger partial charge in [0.1, 0.15) is 0 Å². The number of hydrogen-bond acceptors (Lipinski definition) is 9. The van der Waals surface area contributed by atoms with Gasteiger partial charge in [0.2, 0.25) is 5.91 Å². The first-order valence-corrected chi connectivity index (χ1v) is 10.7. The molecule has 3 rings (SSSR count). The molecule has 2 N–H and O–H groups in total. The van der Waals surface area contributed by atoms with Gasteiger partial charge in [0.25, 0.3) is 11.8 Å². The minimum absolute atomic E-state index is 0.104. The van der Waals surface area contributed by atoms with Crippen LogP contribution < -0.4 is 20.2 Å². The summed E-state index contributed by atoms with van der Waals surface area (Å²) in [5, 5.41) is 3.57. The van der Waals surface area contributed by atoms with Gasteiger partial charge < -0.3 is 24.3 Å². The number of hydrogen-bond donors (Lipinski definition) is 2. The number of carbonyl (C=O) groups excluding carboxylic acids is 5. The third-order valence-corrected chi connectivity index (χ3v) is 5.28. The summed E-state index contributed by atoms with van der Waals surface area (Å²) in [4.78, 5) is 60.8. The molecule has 0 unspecified atom stereocenters. The highest BCUT2D eigenvalue weighted by atomic mass is 16.5. The van der Waals surface area contributed by atoms with Gasteiger partial charge in [-0.25, -0.2) is 4.79 Å². The summed E-state index contributed by atoms with van der Waals surface area (Å²) < 4.78 is 19.9. The number of rotatable bonds is 9. The first-order chi connectivity index (χ1) is 17.2. The van der Waals surface area contributed by atoms with Crippen LogP contribution in [0.4, 0.5) is 5.69 Å². The Kier molecular flexibility index (Phi) is 8.44. The van der Waals surface area contributed by atoms with Crippen molar-refractivity contribution in [2.24, 2.45) is 5.92 Å². The summed E-state index contributed by atoms with van der Waals surface area (Å²) in [5.41, 5.74) is 3.39. The minimum atomic E-state index is -0.852. The van der Waals surface area contributed by atoms with Crippen LogP contribution in [0.3, 0.4) is 0 Å². The zero-order valence-corrected chi connectivity index (χ0v) is 19.9. The molecule has 0 aromatic heterocycles. The van der Waals surface area contributed by atoms with Crippen LogP contribution in [-0.2, 0) is 23.9 Å². The van der Waals surface area contributed by atoms with Crippen molar-refractivity contribution in [1.29, 1.82) is 0 Å². The molecule has 2 aromatic rings. The Labute approximate surface area is 206 Å². The molecular formula is C24H25N3O9. The Balaban J connectivity index is 1.49. The van der Waals surface area contributed by atoms with Gasteiger partial charge in [-0.3, -0.25) is 29.6 Å². The van der Waals surface area contributed by atoms with E-state index in [-0.39, 0.29) is 18.5 Å². The van der Waals surface area contributed by atoms with Crippen molar-refractivity contribution in [2.75, 3.05) is 39.8 Å². The molecule has 1 saturated heterocycles. The quantitative estimate of drug-likeness (QED) is 0.485. The van der Waals surface area contributed by atoms with Crippen LogP contribution in [0.5, 0.6) is 11.5 Å². The fraction of sp³-hybridized carbons (Fsp3) is 0.292. The Hall–Kier alpha value is -4.61. The average molecular weight is 499 g/mol. The Morgan fingerprint density at radius 2 is 1.61 bits per heavy atom. The van der Waals surface area contributed by atoms with Crippen LogP contribution in [0.15, 0.2) is 42.5 Å². The fourth-order valence-corrected chi connectivity index (χ4v) is 3.40. The molecule has 0 bridgehead atoms. The van der Waals surface area contributed by atoms with Gasteiger partial charge in [-0.05, 0) is 42.5 Å². The SMILES string of the molecule is COC(=O)c1ccc(NC(=O)COC(=O)[C@H]2CC(=O)N(NC(=O)c3ccc(OC)c(OC)c3)C2)cc1. The monoisotopic (exact) mass is 499 g/mol. The van der Waals surface area contributed by atoms with E-state index in [0.717, 1.165) is 5.01 Å². The van der Waals surface area contributed by atoms with Crippen LogP contribution in [0.2, 0.25) is 0 Å². The first-order valence-electron chi connectivity index (χ1n) is 10.7. The smallest absolute Gasteiger partial charge is 0.337 e. The predicted molar refractivity (Wildman–Crippen MR) is 124 cm³/mol. The Morgan fingerprint density at radius 3 is 2.25 bits per heavy atom. The van der Waals surface area contributed by atoms with Crippen molar-refractivity contribution < 1.29 is 42.9 Å². The second-order valence-electron chi connectivity index (χ2n) is 7.64. The van der Waals surface area contributed by atoms with Gasteiger partial charge in [0.15, 0.2) is 18.1 Å². The van der Waals surface area contributed by atoms with E-state index in [1.54, 1.807) is 6.07 Å². The van der Waals surface area contributed by atoms with Gasteiger partial charge in [-0.15, -0.1) is 0 Å². The number of nitrogens with zero attached hydrogens (tertiary/aromatic N) is 1. The number of carbonyl (C=O) groups is 5. The highest BCUT2D eigenvalue weighted by Gasteiger charge is 2.36. The van der Waals surface area contributed by atoms with E-state index in [1.165, 1.54) is 57.7 Å². The Morgan fingerprint density at radius 1 is 0.944 bits per heavy atom. The number of ether oxygens (including phenoxy) is 4. The number of anilines is 1. The topological polar surface area (TPSA) is 150 Å². The molecule has 2 aromatic carbocycles. The molecule has 12 heteroatoms. The van der Waals surface area contributed by atoms with Crippen LogP contribution in [0, 0.1) is 5.92 Å². The molecule has 1 aliphatic heterocycles. The molecule has 0 spiro atoms. The normalized spacial score (nSPS) is 14.6. The maximum absolute atomic E-state index is 12.6. The second kappa shape index (κ2) is 11.7. The van der Waals surface area contributed by atoms with Crippen molar-refractivity contribution >= 4 is 35.3 Å². The van der Waals surface area contributed by atoms with Crippen molar-refractivity contribution in [3.05, 3.63) is 53.6 Å². The molecule has 1 aliphatic rings. The average Bonchev–Trinajstić information content (AvgIpc) is 3.26. The number of nitrogens with one attached hydrogen (secondary N) is 2. The third kappa shape index (κ3) is 6.29. The van der Waals surface area contributed by atoms with Crippen molar-refractivity contribution in [3.63, 3.8) is 0 Å². The summed E-state index contributed by atoms with van der Waals surface area (Å²) >= 11 is 0. The van der Waals surface area contributed by atoms with E-state index in [1.807, 2.05) is 0 Å². The maximum atomic E-state index is 12.6. The van der Waals surface area contributed by atoms with Gasteiger partial charge in [-0.2, -0.15) is 0 Å². The molecule has 12 nitrogen and oxygen atoms in total. The highest BCUT2D eigenvalue weighted by molar-refractivity contribution is 5.97. The standard InChI is InChI=1S/C24H25N3O9/c1-33-18-9-6-15(10-19(18)34-2)22(30)26-27-12-16(11-21(27)29)24(32)36-13-20(28)25-17-7-4-14(5-8-17)23(31)35-3/h4-10,16H,11-13H2,1-3H3,(H,25,28)(H,26,30)/t16-/m0/s1. The summed E-state index contributed by atoms with van der Waals surface area (Å²) in [6, 6.07) is 10.5. The summed E-state index contributed by atoms with van der Waals surface area (Å²) in [6.07, 6.45) is -0.179. The minimum Gasteiger partial charge on any atom is -0.493 e. The van der Waals surface area contributed by atoms with E-state index < -0.39 is 42.2 Å². The molecule has 1 atom stereocenters. The van der Waals surface area contributed by atoms with E-state index in [0.29, 0.717) is 22.7 Å². The second-order valence-corrected chi connectivity index (χ2v) is 7.64. The molecular weight excluding hydrogens is 474 g/mol. The predicted octanol–water partition coefficient (Wildman–Crippen LogP) is 1.17. The van der Waals surface area contributed by atoms with Gasteiger partial charge in [-0.1, -0.05) is 0 Å². The zero-order valence-electron chi connectivity index (χ0n) is 19.9. The van der Waals surface area contributed by atoms with Crippen LogP contribution in [0.25, 0.3) is 0 Å². The summed E-state index contributed by atoms with van der Waals surface area (Å²) in [6.45, 7) is -0.673. The molecule has 3 amide bonds. The van der Waals surface area contributed by atoms with Crippen LogP contribution in [0.1, 0.15) is 27.1 Å². The number of esters is 2. The van der Waals surface area contributed by atoms with E-state index in [2.05, 4.69) is 15.5 Å². The molecule has 1 fully saturated rings. The molecule has 190 valence electrons. The highest BCUT2D eigenvalue weighted by Crippen LogP contribution is 2.27. The molecule has 1 heterocycles. The molecule has 36 heavy (non-hydrogen) atoms. The molecule has 0 radical (unpaired) electrons. The van der Waals surface area contributed by atoms with Gasteiger partial charge >= 0.3 is 11.9 Å². The lowest BCUT2D eigenvalue weighted by atomic mass is 10.1. The third-order valence-electron chi connectivity index (χ3n) is 5.28. The first kappa shape index (κ1) is 26.0. The van der Waals surface area contributed by atoms with E-state index >= 15 is 0 Å². The zero-order chi connectivity index (χ0) is 26.2. The summed E-state index contributed by atoms with van der Waals surface area (Å²) in [5.74, 6) is -2.97. The van der Waals surface area contributed by atoms with Crippen LogP contribution in [-0.4, -0.2) is 69.2 Å². The lowest BCUT2D eigenvalue weighted by Gasteiger charge is -2.18.